The number of aromatic nitrogens is 2. The van der Waals surface area contributed by atoms with Crippen molar-refractivity contribution in [2.45, 2.75) is 75.7 Å². The molecule has 2 atom stereocenters. The molecular weight excluding hydrogens is 334 g/mol. The van der Waals surface area contributed by atoms with E-state index in [0.29, 0.717) is 17.9 Å². The maximum Gasteiger partial charge on any atom is 0.254 e. The van der Waals surface area contributed by atoms with E-state index in [1.165, 1.54) is 6.20 Å². The molecule has 0 aliphatic heterocycles. The number of methoxy groups -OCH3 is 1. The number of rotatable bonds is 6. The van der Waals surface area contributed by atoms with Gasteiger partial charge in [0.25, 0.3) is 5.91 Å². The summed E-state index contributed by atoms with van der Waals surface area (Å²) in [5.41, 5.74) is 5.71. The van der Waals surface area contributed by atoms with Crippen LogP contribution in [0.15, 0.2) is 6.20 Å². The minimum Gasteiger partial charge on any atom is -0.391 e. The monoisotopic (exact) mass is 363 g/mol. The number of aliphatic hydroxyl groups is 1. The summed E-state index contributed by atoms with van der Waals surface area (Å²) in [7, 11) is 1.75. The zero-order valence-electron chi connectivity index (χ0n) is 15.3. The molecule has 1 heterocycles. The second-order valence-electron chi connectivity index (χ2n) is 7.28. The molecule has 8 nitrogen and oxygen atoms in total. The Morgan fingerprint density at radius 1 is 1.19 bits per heavy atom. The van der Waals surface area contributed by atoms with E-state index in [1.54, 1.807) is 7.11 Å². The average molecular weight is 363 g/mol. The highest BCUT2D eigenvalue weighted by Crippen LogP contribution is 2.25. The van der Waals surface area contributed by atoms with Crippen LogP contribution >= 0.6 is 0 Å². The number of hydrogen-bond donors (Lipinski definition) is 4. The van der Waals surface area contributed by atoms with E-state index in [-0.39, 0.29) is 17.6 Å². The van der Waals surface area contributed by atoms with Crippen molar-refractivity contribution in [3.63, 3.8) is 0 Å². The van der Waals surface area contributed by atoms with Gasteiger partial charge >= 0.3 is 0 Å². The van der Waals surface area contributed by atoms with Crippen LogP contribution in [0.2, 0.25) is 0 Å². The van der Waals surface area contributed by atoms with Gasteiger partial charge in [0.15, 0.2) is 0 Å². The van der Waals surface area contributed by atoms with Crippen LogP contribution in [0, 0.1) is 0 Å². The molecule has 2 aliphatic rings. The molecule has 2 aliphatic carbocycles. The lowest BCUT2D eigenvalue weighted by atomic mass is 9.92. The van der Waals surface area contributed by atoms with Crippen molar-refractivity contribution in [3.8, 4) is 0 Å². The van der Waals surface area contributed by atoms with Crippen molar-refractivity contribution >= 4 is 17.7 Å². The molecule has 0 aromatic carbocycles. The normalized spacial score (nSPS) is 29.2. The van der Waals surface area contributed by atoms with Gasteiger partial charge in [0, 0.05) is 19.3 Å². The van der Waals surface area contributed by atoms with Gasteiger partial charge in [-0.1, -0.05) is 12.8 Å². The van der Waals surface area contributed by atoms with Crippen LogP contribution in [0.1, 0.15) is 61.7 Å². The number of hydrogen-bond acceptors (Lipinski definition) is 7. The van der Waals surface area contributed by atoms with Crippen molar-refractivity contribution < 1.29 is 14.6 Å². The standard InChI is InChI=1S/C18H29N5O3/c1-26-12-8-6-11(7-9-12)21-18-20-10-13(16(19)25)17(23-18)22-14-4-2-3-5-15(14)24/h10-12,14-15,24H,2-9H2,1H3,(H2,19,25)(H2,20,21,22,23)/t11?,12?,14-,15+/m1/s1. The number of primary amides is 1. The molecule has 144 valence electrons. The predicted octanol–water partition coefficient (Wildman–Crippen LogP) is 1.66. The molecule has 26 heavy (non-hydrogen) atoms. The third kappa shape index (κ3) is 4.62. The Morgan fingerprint density at radius 2 is 1.92 bits per heavy atom. The van der Waals surface area contributed by atoms with Crippen molar-refractivity contribution in [2.75, 3.05) is 17.7 Å². The molecule has 1 aromatic rings. The Hall–Kier alpha value is -1.93. The Balaban J connectivity index is 1.70. The van der Waals surface area contributed by atoms with E-state index in [1.807, 2.05) is 0 Å². The Kier molecular flexibility index (Phi) is 6.26. The maximum absolute atomic E-state index is 11.7. The number of carbonyl (C=O) groups excluding carboxylic acids is 1. The van der Waals surface area contributed by atoms with Gasteiger partial charge in [0.1, 0.15) is 5.82 Å². The summed E-state index contributed by atoms with van der Waals surface area (Å²) in [4.78, 5) is 20.4. The van der Waals surface area contributed by atoms with Crippen LogP contribution in [-0.2, 0) is 4.74 Å². The molecule has 0 radical (unpaired) electrons. The second kappa shape index (κ2) is 8.64. The van der Waals surface area contributed by atoms with E-state index >= 15 is 0 Å². The first-order chi connectivity index (χ1) is 12.6. The molecule has 0 unspecified atom stereocenters. The third-order valence-electron chi connectivity index (χ3n) is 5.45. The zero-order chi connectivity index (χ0) is 18.5. The molecule has 8 heteroatoms. The van der Waals surface area contributed by atoms with Gasteiger partial charge in [-0.2, -0.15) is 4.98 Å². The van der Waals surface area contributed by atoms with Crippen molar-refractivity contribution in [3.05, 3.63) is 11.8 Å². The number of ether oxygens (including phenoxy) is 1. The molecular formula is C18H29N5O3. The average Bonchev–Trinajstić information content (AvgIpc) is 2.64. The quantitative estimate of drug-likeness (QED) is 0.606. The number of amides is 1. The number of nitrogens with one attached hydrogen (secondary N) is 2. The number of carbonyl (C=O) groups is 1. The summed E-state index contributed by atoms with van der Waals surface area (Å²) in [6, 6.07) is 0.163. The fourth-order valence-corrected chi connectivity index (χ4v) is 3.82. The predicted molar refractivity (Wildman–Crippen MR) is 99.1 cm³/mol. The summed E-state index contributed by atoms with van der Waals surface area (Å²) in [5, 5.41) is 16.7. The summed E-state index contributed by atoms with van der Waals surface area (Å²) in [6.07, 6.45) is 8.98. The number of anilines is 2. The molecule has 1 aromatic heterocycles. The van der Waals surface area contributed by atoms with E-state index in [4.69, 9.17) is 10.5 Å². The molecule has 0 spiro atoms. The largest absolute Gasteiger partial charge is 0.391 e. The summed E-state index contributed by atoms with van der Waals surface area (Å²) < 4.78 is 5.40. The SMILES string of the molecule is COC1CCC(Nc2ncc(C(N)=O)c(N[C@@H]3CCCC[C@@H]3O)n2)CC1. The van der Waals surface area contributed by atoms with Gasteiger partial charge < -0.3 is 26.2 Å². The van der Waals surface area contributed by atoms with Crippen LogP contribution in [0.3, 0.4) is 0 Å². The highest BCUT2D eigenvalue weighted by molar-refractivity contribution is 5.97. The van der Waals surface area contributed by atoms with E-state index in [9.17, 15) is 9.90 Å². The fourth-order valence-electron chi connectivity index (χ4n) is 3.82. The minimum atomic E-state index is -0.579. The van der Waals surface area contributed by atoms with Crippen LogP contribution < -0.4 is 16.4 Å². The minimum absolute atomic E-state index is 0.123. The van der Waals surface area contributed by atoms with Gasteiger partial charge in [-0.25, -0.2) is 4.98 Å². The summed E-state index contributed by atoms with van der Waals surface area (Å²) >= 11 is 0. The molecule has 2 saturated carbocycles. The molecule has 5 N–H and O–H groups in total. The number of nitrogens with two attached hydrogens (primary N) is 1. The topological polar surface area (TPSA) is 122 Å². The third-order valence-corrected chi connectivity index (χ3v) is 5.45. The molecule has 3 rings (SSSR count). The van der Waals surface area contributed by atoms with Crippen LogP contribution in [0.25, 0.3) is 0 Å². The first-order valence-corrected chi connectivity index (χ1v) is 9.47. The molecule has 1 amide bonds. The van der Waals surface area contributed by atoms with Crippen molar-refractivity contribution in [2.24, 2.45) is 5.73 Å². The van der Waals surface area contributed by atoms with Crippen LogP contribution in [0.4, 0.5) is 11.8 Å². The highest BCUT2D eigenvalue weighted by atomic mass is 16.5. The molecule has 0 saturated heterocycles. The number of aliphatic hydroxyl groups excluding tert-OH is 1. The van der Waals surface area contributed by atoms with Crippen molar-refractivity contribution in [1.29, 1.82) is 0 Å². The Bertz CT molecular complexity index is 619. The maximum atomic E-state index is 11.7. The highest BCUT2D eigenvalue weighted by Gasteiger charge is 2.26. The van der Waals surface area contributed by atoms with Gasteiger partial charge in [-0.15, -0.1) is 0 Å². The van der Waals surface area contributed by atoms with E-state index in [0.717, 1.165) is 51.4 Å². The lowest BCUT2D eigenvalue weighted by Gasteiger charge is -2.30. The number of nitrogens with zero attached hydrogens (tertiary/aromatic N) is 2. The first-order valence-electron chi connectivity index (χ1n) is 9.47. The van der Waals surface area contributed by atoms with Gasteiger partial charge in [0.2, 0.25) is 5.95 Å². The van der Waals surface area contributed by atoms with E-state index < -0.39 is 12.0 Å². The van der Waals surface area contributed by atoms with Gasteiger partial charge in [-0.3, -0.25) is 4.79 Å². The summed E-state index contributed by atoms with van der Waals surface area (Å²) in [5.74, 6) is 0.292. The van der Waals surface area contributed by atoms with Gasteiger partial charge in [0.05, 0.1) is 23.8 Å². The Labute approximate surface area is 153 Å². The van der Waals surface area contributed by atoms with Crippen LogP contribution in [-0.4, -0.2) is 52.4 Å². The van der Waals surface area contributed by atoms with E-state index in [2.05, 4.69) is 20.6 Å². The lowest BCUT2D eigenvalue weighted by Crippen LogP contribution is -2.37. The first kappa shape index (κ1) is 18.8. The van der Waals surface area contributed by atoms with Gasteiger partial charge in [-0.05, 0) is 38.5 Å². The van der Waals surface area contributed by atoms with Crippen LogP contribution in [0.5, 0.6) is 0 Å². The lowest BCUT2D eigenvalue weighted by molar-refractivity contribution is 0.0681. The fraction of sp³-hybridized carbons (Fsp3) is 0.722. The molecule has 2 fully saturated rings. The second-order valence-corrected chi connectivity index (χ2v) is 7.28. The molecule has 0 bridgehead atoms. The van der Waals surface area contributed by atoms with Crippen molar-refractivity contribution in [1.82, 2.24) is 9.97 Å². The Morgan fingerprint density at radius 3 is 2.58 bits per heavy atom. The smallest absolute Gasteiger partial charge is 0.254 e. The summed E-state index contributed by atoms with van der Waals surface area (Å²) in [6.45, 7) is 0. The zero-order valence-corrected chi connectivity index (χ0v) is 15.3.